The van der Waals surface area contributed by atoms with Crippen molar-refractivity contribution in [3.63, 3.8) is 0 Å². The number of nitrogens with zero attached hydrogens (tertiary/aromatic N) is 2. The normalized spacial score (nSPS) is 15.2. The van der Waals surface area contributed by atoms with E-state index in [1.54, 1.807) is 37.4 Å². The quantitative estimate of drug-likeness (QED) is 0.270. The van der Waals surface area contributed by atoms with Crippen molar-refractivity contribution >= 4 is 35.1 Å². The van der Waals surface area contributed by atoms with E-state index in [0.29, 0.717) is 42.0 Å². The van der Waals surface area contributed by atoms with Crippen LogP contribution in [0.15, 0.2) is 42.5 Å². The number of nitrogens with two attached hydrogens (primary N) is 2. The number of rotatable bonds is 14. The van der Waals surface area contributed by atoms with E-state index in [1.807, 2.05) is 12.1 Å². The molecule has 0 spiro atoms. The summed E-state index contributed by atoms with van der Waals surface area (Å²) in [6, 6.07) is 11.2. The molecule has 0 saturated carbocycles. The number of hydrogen-bond donors (Lipinski definition) is 4. The highest BCUT2D eigenvalue weighted by molar-refractivity contribution is 6.11. The molecule has 1 aliphatic heterocycles. The fraction of sp³-hybridized carbons (Fsp3) is 0.448. The molecule has 39 heavy (non-hydrogen) atoms. The number of aliphatic carboxylic acids is 1. The Morgan fingerprint density at radius 2 is 1.69 bits per heavy atom. The Morgan fingerprint density at radius 3 is 2.41 bits per heavy atom. The second kappa shape index (κ2) is 14.4. The first-order valence-electron chi connectivity index (χ1n) is 13.5. The van der Waals surface area contributed by atoms with E-state index in [0.717, 1.165) is 37.7 Å². The van der Waals surface area contributed by atoms with Crippen molar-refractivity contribution in [3.05, 3.63) is 59.2 Å². The van der Waals surface area contributed by atoms with E-state index in [-0.39, 0.29) is 31.2 Å². The molecule has 0 saturated heterocycles. The number of hydrogen-bond acceptors (Lipinski definition) is 6. The monoisotopic (exact) mass is 537 g/mol. The molecule has 3 amide bonds. The Kier molecular flexibility index (Phi) is 11.0. The summed E-state index contributed by atoms with van der Waals surface area (Å²) in [4.78, 5) is 54.3. The van der Waals surface area contributed by atoms with Gasteiger partial charge in [-0.15, -0.1) is 0 Å². The van der Waals surface area contributed by atoms with Gasteiger partial charge in [0.05, 0.1) is 17.7 Å². The second-order valence-electron chi connectivity index (χ2n) is 9.81. The minimum absolute atomic E-state index is 0.145. The first kappa shape index (κ1) is 29.8. The molecule has 0 aliphatic carbocycles. The van der Waals surface area contributed by atoms with Gasteiger partial charge in [0.25, 0.3) is 11.8 Å². The third-order valence-corrected chi connectivity index (χ3v) is 6.87. The van der Waals surface area contributed by atoms with Crippen LogP contribution in [0, 0.1) is 0 Å². The maximum Gasteiger partial charge on any atom is 0.305 e. The van der Waals surface area contributed by atoms with Gasteiger partial charge in [0, 0.05) is 25.7 Å². The zero-order valence-electron chi connectivity index (χ0n) is 22.5. The number of amides is 3. The Labute approximate surface area is 229 Å². The molecular formula is C29H39N5O5. The number of unbranched alkanes of at least 4 members (excludes halogenated alkanes) is 3. The van der Waals surface area contributed by atoms with Crippen molar-refractivity contribution < 1.29 is 24.3 Å². The first-order valence-corrected chi connectivity index (χ1v) is 13.5. The summed E-state index contributed by atoms with van der Waals surface area (Å²) in [5.41, 5.74) is 13.9. The molecule has 10 nitrogen and oxygen atoms in total. The number of carbonyl (C=O) groups excluding carboxylic acids is 3. The number of anilines is 2. The summed E-state index contributed by atoms with van der Waals surface area (Å²) in [7, 11) is 1.62. The Balaban J connectivity index is 1.95. The van der Waals surface area contributed by atoms with Gasteiger partial charge in [-0.1, -0.05) is 31.0 Å². The summed E-state index contributed by atoms with van der Waals surface area (Å²) in [6.45, 7) is 0.923. The number of aryl methyl sites for hydroxylation is 1. The summed E-state index contributed by atoms with van der Waals surface area (Å²) < 4.78 is 0. The lowest BCUT2D eigenvalue weighted by Gasteiger charge is -2.30. The van der Waals surface area contributed by atoms with E-state index < -0.39 is 17.9 Å². The average Bonchev–Trinajstić information content (AvgIpc) is 2.99. The predicted molar refractivity (Wildman–Crippen MR) is 150 cm³/mol. The van der Waals surface area contributed by atoms with E-state index >= 15 is 0 Å². The number of carboxylic acid groups (broad SMARTS) is 1. The van der Waals surface area contributed by atoms with Gasteiger partial charge in [0.1, 0.15) is 6.04 Å². The predicted octanol–water partition coefficient (Wildman–Crippen LogP) is 3.06. The average molecular weight is 538 g/mol. The molecule has 1 atom stereocenters. The van der Waals surface area contributed by atoms with Gasteiger partial charge in [-0.2, -0.15) is 0 Å². The number of fused-ring (bicyclic) bond motifs is 1. The Bertz CT molecular complexity index is 1180. The number of carbonyl (C=O) groups is 4. The minimum Gasteiger partial charge on any atom is -0.481 e. The van der Waals surface area contributed by atoms with Crippen molar-refractivity contribution in [1.82, 2.24) is 4.90 Å². The van der Waals surface area contributed by atoms with Gasteiger partial charge in [-0.05, 0) is 74.2 Å². The molecule has 0 aromatic heterocycles. The van der Waals surface area contributed by atoms with Crippen LogP contribution in [0.3, 0.4) is 0 Å². The number of nitrogens with one attached hydrogen (secondary N) is 1. The molecule has 10 heteroatoms. The van der Waals surface area contributed by atoms with Crippen LogP contribution >= 0.6 is 0 Å². The molecule has 1 heterocycles. The van der Waals surface area contributed by atoms with Gasteiger partial charge in [0.2, 0.25) is 5.91 Å². The Hall–Kier alpha value is -3.76. The van der Waals surface area contributed by atoms with Crippen LogP contribution in [0.25, 0.3) is 0 Å². The molecule has 0 bridgehead atoms. The second-order valence-corrected chi connectivity index (χ2v) is 9.81. The maximum atomic E-state index is 13.9. The zero-order chi connectivity index (χ0) is 28.4. The summed E-state index contributed by atoms with van der Waals surface area (Å²) in [5, 5.41) is 12.2. The molecule has 0 fully saturated rings. The number of likely N-dealkylation sites (N-methyl/N-ethyl adjacent to an activating group) is 1. The largest absolute Gasteiger partial charge is 0.481 e. The van der Waals surface area contributed by atoms with Crippen LogP contribution in [0.1, 0.15) is 72.5 Å². The van der Waals surface area contributed by atoms with E-state index in [2.05, 4.69) is 5.32 Å². The van der Waals surface area contributed by atoms with Crippen LogP contribution < -0.4 is 21.7 Å². The smallest absolute Gasteiger partial charge is 0.305 e. The van der Waals surface area contributed by atoms with E-state index in [4.69, 9.17) is 11.5 Å². The van der Waals surface area contributed by atoms with Crippen molar-refractivity contribution in [2.24, 2.45) is 11.5 Å². The van der Waals surface area contributed by atoms with Crippen molar-refractivity contribution in [2.45, 2.75) is 57.4 Å². The fourth-order valence-corrected chi connectivity index (χ4v) is 4.78. The standard InChI is InChI=1S/C29H39N5O5/c1-33-24-13-12-20(8-4-2-3-5-15-30)18-23(24)28(38)34(17-14-26(36)37)27(29(33)39)21-9-6-10-22(19-21)32-25(35)11-7-16-31/h6,9-10,12-13,18-19,27H,2-5,7-8,11,14-17,30-31H2,1H3,(H,32,35)(H,36,37). The molecule has 0 radical (unpaired) electrons. The number of carboxylic acids is 1. The lowest BCUT2D eigenvalue weighted by molar-refractivity contribution is -0.137. The highest BCUT2D eigenvalue weighted by atomic mass is 16.4. The molecule has 1 unspecified atom stereocenters. The van der Waals surface area contributed by atoms with Crippen LogP contribution in [0.5, 0.6) is 0 Å². The van der Waals surface area contributed by atoms with Crippen LogP contribution in [0.2, 0.25) is 0 Å². The van der Waals surface area contributed by atoms with Gasteiger partial charge in [0.15, 0.2) is 0 Å². The summed E-state index contributed by atoms with van der Waals surface area (Å²) in [5.74, 6) is -2.05. The third-order valence-electron chi connectivity index (χ3n) is 6.87. The van der Waals surface area contributed by atoms with E-state index in [1.165, 1.54) is 9.80 Å². The van der Waals surface area contributed by atoms with Gasteiger partial charge >= 0.3 is 5.97 Å². The summed E-state index contributed by atoms with van der Waals surface area (Å²) in [6.07, 6.45) is 5.30. The zero-order valence-corrected chi connectivity index (χ0v) is 22.5. The van der Waals surface area contributed by atoms with Crippen LogP contribution in [0.4, 0.5) is 11.4 Å². The van der Waals surface area contributed by atoms with Crippen LogP contribution in [-0.2, 0) is 20.8 Å². The van der Waals surface area contributed by atoms with E-state index in [9.17, 15) is 24.3 Å². The van der Waals surface area contributed by atoms with Gasteiger partial charge in [-0.3, -0.25) is 19.2 Å². The SMILES string of the molecule is CN1C(=O)C(c2cccc(NC(=O)CCCN)c2)N(CCC(=O)O)C(=O)c2cc(CCCCCCN)ccc21. The van der Waals surface area contributed by atoms with Gasteiger partial charge < -0.3 is 31.7 Å². The molecule has 3 rings (SSSR count). The third kappa shape index (κ3) is 7.87. The Morgan fingerprint density at radius 1 is 0.949 bits per heavy atom. The van der Waals surface area contributed by atoms with Crippen molar-refractivity contribution in [3.8, 4) is 0 Å². The molecule has 6 N–H and O–H groups in total. The lowest BCUT2D eigenvalue weighted by Crippen LogP contribution is -2.42. The van der Waals surface area contributed by atoms with Crippen LogP contribution in [-0.4, -0.2) is 60.4 Å². The molecule has 210 valence electrons. The minimum atomic E-state index is -1.07. The molecule has 2 aromatic rings. The van der Waals surface area contributed by atoms with Crippen molar-refractivity contribution in [1.29, 1.82) is 0 Å². The molecule has 2 aromatic carbocycles. The lowest BCUT2D eigenvalue weighted by atomic mass is 10.0. The first-order chi connectivity index (χ1) is 18.8. The highest BCUT2D eigenvalue weighted by Crippen LogP contribution is 2.35. The fourth-order valence-electron chi connectivity index (χ4n) is 4.78. The molecule has 1 aliphatic rings. The molecular weight excluding hydrogens is 498 g/mol. The summed E-state index contributed by atoms with van der Waals surface area (Å²) >= 11 is 0. The maximum absolute atomic E-state index is 13.9. The highest BCUT2D eigenvalue weighted by Gasteiger charge is 2.39. The topological polar surface area (TPSA) is 159 Å². The number of benzene rings is 2. The van der Waals surface area contributed by atoms with Gasteiger partial charge in [-0.25, -0.2) is 0 Å². The van der Waals surface area contributed by atoms with Crippen molar-refractivity contribution in [2.75, 3.05) is 36.9 Å².